The number of phenolic OH excluding ortho intramolecular Hbond substituents is 1. The average Bonchev–Trinajstić information content (AvgIpc) is 2.77. The first-order valence-electron chi connectivity index (χ1n) is 13.1. The molecule has 1 unspecified atom stereocenters. The summed E-state index contributed by atoms with van der Waals surface area (Å²) in [6.45, 7) is 13.4. The third-order valence-electron chi connectivity index (χ3n) is 7.71. The molecule has 0 saturated carbocycles. The lowest BCUT2D eigenvalue weighted by Gasteiger charge is -2.42. The molecule has 0 amide bonds. The second-order valence-corrected chi connectivity index (χ2v) is 13.2. The Morgan fingerprint density at radius 1 is 1.11 bits per heavy atom. The third kappa shape index (κ3) is 6.79. The lowest BCUT2D eigenvalue weighted by Crippen LogP contribution is -2.45. The maximum atomic E-state index is 12.7. The van der Waals surface area contributed by atoms with Gasteiger partial charge < -0.3 is 10.4 Å². The van der Waals surface area contributed by atoms with Gasteiger partial charge in [-0.05, 0) is 81.2 Å². The van der Waals surface area contributed by atoms with Crippen LogP contribution in [0.3, 0.4) is 0 Å². The van der Waals surface area contributed by atoms with Gasteiger partial charge in [0.15, 0.2) is 0 Å². The molecule has 1 heterocycles. The van der Waals surface area contributed by atoms with Crippen LogP contribution in [0, 0.1) is 12.8 Å². The first-order valence-corrected chi connectivity index (χ1v) is 14.5. The Morgan fingerprint density at radius 3 is 2.46 bits per heavy atom. The number of aryl methyl sites for hydroxylation is 1. The number of benzene rings is 2. The summed E-state index contributed by atoms with van der Waals surface area (Å²) in [4.78, 5) is 0.289. The van der Waals surface area contributed by atoms with Gasteiger partial charge in [-0.1, -0.05) is 64.2 Å². The standard InChI is InChI=1S/C29H44N2O3S/c1-7-8-9-10-16-28(3,4)23-19-26-25(27(32)20-23)18-22(29(5,6)31-26)15-17-30-35(33,34)24-13-11-21(2)12-14-24/h11-14,19-20,22,30-32H,7-10,15-18H2,1-6H3. The van der Waals surface area contributed by atoms with Crippen molar-refractivity contribution in [3.8, 4) is 5.75 Å². The number of anilines is 1. The highest BCUT2D eigenvalue weighted by Gasteiger charge is 2.36. The van der Waals surface area contributed by atoms with E-state index in [9.17, 15) is 13.5 Å². The Kier molecular flexibility index (Phi) is 8.59. The van der Waals surface area contributed by atoms with E-state index in [-0.39, 0.29) is 21.8 Å². The predicted molar refractivity (Wildman–Crippen MR) is 146 cm³/mol. The van der Waals surface area contributed by atoms with E-state index in [1.807, 2.05) is 25.1 Å². The van der Waals surface area contributed by atoms with Crippen LogP contribution in [-0.2, 0) is 21.9 Å². The van der Waals surface area contributed by atoms with Crippen LogP contribution in [0.15, 0.2) is 41.3 Å². The van der Waals surface area contributed by atoms with Gasteiger partial charge in [0, 0.05) is 23.3 Å². The Bertz CT molecular complexity index is 1110. The first kappa shape index (κ1) is 27.5. The van der Waals surface area contributed by atoms with E-state index in [1.165, 1.54) is 25.7 Å². The minimum Gasteiger partial charge on any atom is -0.508 e. The smallest absolute Gasteiger partial charge is 0.240 e. The van der Waals surface area contributed by atoms with E-state index in [1.54, 1.807) is 12.1 Å². The lowest BCUT2D eigenvalue weighted by molar-refractivity contribution is 0.309. The maximum Gasteiger partial charge on any atom is 0.240 e. The molecule has 2 aromatic rings. The van der Waals surface area contributed by atoms with Gasteiger partial charge in [0.1, 0.15) is 5.75 Å². The van der Waals surface area contributed by atoms with Crippen molar-refractivity contribution in [2.75, 3.05) is 11.9 Å². The van der Waals surface area contributed by atoms with Crippen molar-refractivity contribution in [2.24, 2.45) is 5.92 Å². The van der Waals surface area contributed by atoms with E-state index < -0.39 is 10.0 Å². The molecule has 0 fully saturated rings. The molecule has 0 radical (unpaired) electrons. The van der Waals surface area contributed by atoms with Gasteiger partial charge in [0.25, 0.3) is 0 Å². The summed E-state index contributed by atoms with van der Waals surface area (Å²) in [6.07, 6.45) is 7.42. The van der Waals surface area contributed by atoms with E-state index in [2.05, 4.69) is 50.7 Å². The van der Waals surface area contributed by atoms with Crippen LogP contribution in [0.1, 0.15) is 89.8 Å². The van der Waals surface area contributed by atoms with Crippen molar-refractivity contribution in [1.29, 1.82) is 0 Å². The summed E-state index contributed by atoms with van der Waals surface area (Å²) in [5, 5.41) is 14.6. The third-order valence-corrected chi connectivity index (χ3v) is 9.18. The topological polar surface area (TPSA) is 78.4 Å². The van der Waals surface area contributed by atoms with Gasteiger partial charge in [-0.2, -0.15) is 0 Å². The fourth-order valence-electron chi connectivity index (χ4n) is 5.09. The van der Waals surface area contributed by atoms with Crippen molar-refractivity contribution in [2.45, 2.75) is 102 Å². The highest BCUT2D eigenvalue weighted by molar-refractivity contribution is 7.89. The van der Waals surface area contributed by atoms with Gasteiger partial charge in [-0.3, -0.25) is 0 Å². The molecule has 0 saturated heterocycles. The Hall–Kier alpha value is -2.05. The SMILES string of the molecule is CCCCCCC(C)(C)c1cc(O)c2c(c1)NC(C)(C)C(CCNS(=O)(=O)c1ccc(C)cc1)C2. The molecule has 1 aliphatic heterocycles. The molecule has 3 N–H and O–H groups in total. The Labute approximate surface area is 212 Å². The fraction of sp³-hybridized carbons (Fsp3) is 0.586. The summed E-state index contributed by atoms with van der Waals surface area (Å²) in [6, 6.07) is 11.1. The van der Waals surface area contributed by atoms with Crippen LogP contribution in [0.2, 0.25) is 0 Å². The minimum absolute atomic E-state index is 0.00280. The number of hydrogen-bond donors (Lipinski definition) is 3. The zero-order valence-corrected chi connectivity index (χ0v) is 23.2. The van der Waals surface area contributed by atoms with Gasteiger partial charge in [-0.25, -0.2) is 13.1 Å². The summed E-state index contributed by atoms with van der Waals surface area (Å²) < 4.78 is 28.1. The molecular formula is C29H44N2O3S. The number of sulfonamides is 1. The molecule has 2 aromatic carbocycles. The first-order chi connectivity index (χ1) is 16.4. The molecular weight excluding hydrogens is 456 g/mol. The van der Waals surface area contributed by atoms with Gasteiger partial charge in [0.2, 0.25) is 10.0 Å². The Balaban J connectivity index is 1.69. The number of fused-ring (bicyclic) bond motifs is 1. The normalized spacial score (nSPS) is 17.6. The summed E-state index contributed by atoms with van der Waals surface area (Å²) >= 11 is 0. The molecule has 0 aliphatic carbocycles. The molecule has 0 aromatic heterocycles. The molecule has 1 aliphatic rings. The van der Waals surface area contributed by atoms with Gasteiger partial charge >= 0.3 is 0 Å². The molecule has 1 atom stereocenters. The maximum absolute atomic E-state index is 12.7. The number of aromatic hydroxyl groups is 1. The van der Waals surface area contributed by atoms with Crippen molar-refractivity contribution >= 4 is 15.7 Å². The van der Waals surface area contributed by atoms with Crippen LogP contribution >= 0.6 is 0 Å². The molecule has 0 spiro atoms. The average molecular weight is 501 g/mol. The molecule has 194 valence electrons. The number of phenols is 1. The number of unbranched alkanes of at least 4 members (excludes halogenated alkanes) is 3. The van der Waals surface area contributed by atoms with Crippen LogP contribution in [0.25, 0.3) is 0 Å². The minimum atomic E-state index is -3.54. The van der Waals surface area contributed by atoms with E-state index in [4.69, 9.17) is 0 Å². The highest BCUT2D eigenvalue weighted by atomic mass is 32.2. The van der Waals surface area contributed by atoms with Crippen molar-refractivity contribution in [1.82, 2.24) is 4.72 Å². The van der Waals surface area contributed by atoms with Crippen molar-refractivity contribution in [3.63, 3.8) is 0 Å². The van der Waals surface area contributed by atoms with Crippen molar-refractivity contribution < 1.29 is 13.5 Å². The number of nitrogens with one attached hydrogen (secondary N) is 2. The molecule has 5 nitrogen and oxygen atoms in total. The second kappa shape index (κ2) is 10.9. The quantitative estimate of drug-likeness (QED) is 0.301. The Morgan fingerprint density at radius 2 is 1.80 bits per heavy atom. The van der Waals surface area contributed by atoms with Crippen molar-refractivity contribution in [3.05, 3.63) is 53.1 Å². The number of hydrogen-bond acceptors (Lipinski definition) is 4. The fourth-order valence-corrected chi connectivity index (χ4v) is 6.14. The van der Waals surface area contributed by atoms with E-state index in [0.717, 1.165) is 28.8 Å². The van der Waals surface area contributed by atoms with Crippen LogP contribution < -0.4 is 10.0 Å². The summed E-state index contributed by atoms with van der Waals surface area (Å²) in [5.41, 5.74) is 3.90. The second-order valence-electron chi connectivity index (χ2n) is 11.5. The van der Waals surface area contributed by atoms with E-state index >= 15 is 0 Å². The molecule has 3 rings (SSSR count). The van der Waals surface area contributed by atoms with Crippen LogP contribution in [0.4, 0.5) is 5.69 Å². The molecule has 0 bridgehead atoms. The molecule has 6 heteroatoms. The molecule has 35 heavy (non-hydrogen) atoms. The zero-order valence-electron chi connectivity index (χ0n) is 22.4. The van der Waals surface area contributed by atoms with Gasteiger partial charge in [-0.15, -0.1) is 0 Å². The predicted octanol–water partition coefficient (Wildman–Crippen LogP) is 6.68. The summed E-state index contributed by atoms with van der Waals surface area (Å²) in [7, 11) is -3.54. The van der Waals surface area contributed by atoms with Crippen LogP contribution in [0.5, 0.6) is 5.75 Å². The summed E-state index contributed by atoms with van der Waals surface area (Å²) in [5.74, 6) is 0.516. The largest absolute Gasteiger partial charge is 0.508 e. The van der Waals surface area contributed by atoms with E-state index in [0.29, 0.717) is 25.1 Å². The number of rotatable bonds is 11. The monoisotopic (exact) mass is 500 g/mol. The van der Waals surface area contributed by atoms with Crippen LogP contribution in [-0.4, -0.2) is 25.6 Å². The highest BCUT2D eigenvalue weighted by Crippen LogP contribution is 2.43. The lowest BCUT2D eigenvalue weighted by atomic mass is 9.74. The zero-order chi connectivity index (χ0) is 25.9. The van der Waals surface area contributed by atoms with Gasteiger partial charge in [0.05, 0.1) is 4.90 Å².